The Labute approximate surface area is 171 Å². The van der Waals surface area contributed by atoms with Crippen molar-refractivity contribution in [1.82, 2.24) is 4.98 Å². The van der Waals surface area contributed by atoms with E-state index in [1.54, 1.807) is 60.1 Å². The lowest BCUT2D eigenvalue weighted by Gasteiger charge is -2.23. The van der Waals surface area contributed by atoms with Crippen LogP contribution in [0.1, 0.15) is 24.1 Å². The Balaban J connectivity index is 1.92. The number of aliphatic hydroxyl groups is 1. The van der Waals surface area contributed by atoms with Gasteiger partial charge in [-0.25, -0.2) is 4.98 Å². The van der Waals surface area contributed by atoms with Crippen LogP contribution in [0, 0.1) is 0 Å². The number of carbonyl (C=O) groups excluding carboxylic acids is 2. The van der Waals surface area contributed by atoms with E-state index >= 15 is 0 Å². The molecule has 1 aromatic heterocycles. The minimum absolute atomic E-state index is 0.0325. The van der Waals surface area contributed by atoms with Gasteiger partial charge < -0.3 is 9.84 Å². The van der Waals surface area contributed by atoms with E-state index in [1.807, 2.05) is 13.0 Å². The van der Waals surface area contributed by atoms with E-state index < -0.39 is 17.7 Å². The lowest BCUT2D eigenvalue weighted by atomic mass is 9.95. The fourth-order valence-corrected chi connectivity index (χ4v) is 4.04. The molecule has 2 aromatic carbocycles. The summed E-state index contributed by atoms with van der Waals surface area (Å²) < 4.78 is 5.59. The third-order valence-electron chi connectivity index (χ3n) is 4.60. The molecular formula is C22H18N2O4S. The standard InChI is InChI=1S/C22H18N2O4S/c1-2-28-16-10-6-9-15(13-16)18-17(19(25)14-7-4-3-5-8-14)20(26)21(27)24(18)22-23-11-12-29-22/h3-13,18,25H,2H2,1H3. The highest BCUT2D eigenvalue weighted by molar-refractivity contribution is 7.14. The Morgan fingerprint density at radius 3 is 2.66 bits per heavy atom. The van der Waals surface area contributed by atoms with Crippen LogP contribution in [-0.4, -0.2) is 28.4 Å². The summed E-state index contributed by atoms with van der Waals surface area (Å²) in [4.78, 5) is 31.4. The van der Waals surface area contributed by atoms with Crippen LogP contribution in [0.15, 0.2) is 71.7 Å². The maximum atomic E-state index is 13.0. The maximum absolute atomic E-state index is 13.0. The molecule has 0 spiro atoms. The first-order valence-corrected chi connectivity index (χ1v) is 9.98. The molecule has 4 rings (SSSR count). The lowest BCUT2D eigenvalue weighted by molar-refractivity contribution is -0.132. The molecule has 1 saturated heterocycles. The molecule has 1 aliphatic rings. The maximum Gasteiger partial charge on any atom is 0.301 e. The van der Waals surface area contributed by atoms with Crippen molar-refractivity contribution >= 4 is 33.9 Å². The number of anilines is 1. The minimum atomic E-state index is -0.804. The number of benzene rings is 2. The van der Waals surface area contributed by atoms with Crippen LogP contribution in [0.4, 0.5) is 5.13 Å². The zero-order valence-corrected chi connectivity index (χ0v) is 16.4. The van der Waals surface area contributed by atoms with Crippen molar-refractivity contribution in [2.75, 3.05) is 11.5 Å². The number of nitrogens with zero attached hydrogens (tertiary/aromatic N) is 2. The number of ketones is 1. The van der Waals surface area contributed by atoms with Crippen LogP contribution in [0.3, 0.4) is 0 Å². The average molecular weight is 406 g/mol. The quantitative estimate of drug-likeness (QED) is 0.391. The largest absolute Gasteiger partial charge is 0.507 e. The Kier molecular flexibility index (Phi) is 5.14. The van der Waals surface area contributed by atoms with Crippen LogP contribution in [0.25, 0.3) is 5.76 Å². The number of carbonyl (C=O) groups is 2. The molecule has 29 heavy (non-hydrogen) atoms. The number of thiazole rings is 1. The minimum Gasteiger partial charge on any atom is -0.507 e. The number of Topliss-reactive ketones (excluding diaryl/α,β-unsaturated/α-hetero) is 1. The first-order valence-electron chi connectivity index (χ1n) is 9.10. The molecule has 0 bridgehead atoms. The summed E-state index contributed by atoms with van der Waals surface area (Å²) in [6, 6.07) is 15.1. The van der Waals surface area contributed by atoms with E-state index in [2.05, 4.69) is 4.98 Å². The molecule has 1 amide bonds. The van der Waals surface area contributed by atoms with Gasteiger partial charge in [-0.2, -0.15) is 0 Å². The molecule has 2 heterocycles. The lowest BCUT2D eigenvalue weighted by Crippen LogP contribution is -2.29. The fraction of sp³-hybridized carbons (Fsp3) is 0.136. The van der Waals surface area contributed by atoms with Gasteiger partial charge in [0.1, 0.15) is 11.5 Å². The first kappa shape index (κ1) is 18.9. The second-order valence-corrected chi connectivity index (χ2v) is 7.23. The van der Waals surface area contributed by atoms with Gasteiger partial charge in [-0.15, -0.1) is 11.3 Å². The Bertz CT molecular complexity index is 1080. The number of hydrogen-bond acceptors (Lipinski definition) is 6. The number of aromatic nitrogens is 1. The SMILES string of the molecule is CCOc1cccc(C2C(=C(O)c3ccccc3)C(=O)C(=O)N2c2nccs2)c1. The molecule has 1 aliphatic heterocycles. The van der Waals surface area contributed by atoms with Crippen molar-refractivity contribution in [1.29, 1.82) is 0 Å². The molecule has 146 valence electrons. The highest BCUT2D eigenvalue weighted by Gasteiger charge is 2.48. The van der Waals surface area contributed by atoms with Crippen molar-refractivity contribution in [2.45, 2.75) is 13.0 Å². The summed E-state index contributed by atoms with van der Waals surface area (Å²) in [6.45, 7) is 2.36. The van der Waals surface area contributed by atoms with E-state index in [-0.39, 0.29) is 11.3 Å². The number of ether oxygens (including phenoxy) is 1. The highest BCUT2D eigenvalue weighted by Crippen LogP contribution is 2.43. The van der Waals surface area contributed by atoms with Crippen LogP contribution in [0.5, 0.6) is 5.75 Å². The van der Waals surface area contributed by atoms with Crippen LogP contribution in [0.2, 0.25) is 0 Å². The molecule has 1 fully saturated rings. The fourth-order valence-electron chi connectivity index (χ4n) is 3.37. The first-order chi connectivity index (χ1) is 14.1. The summed E-state index contributed by atoms with van der Waals surface area (Å²) in [5.41, 5.74) is 1.16. The summed E-state index contributed by atoms with van der Waals surface area (Å²) >= 11 is 1.25. The molecule has 7 heteroatoms. The molecule has 0 radical (unpaired) electrons. The predicted molar refractivity (Wildman–Crippen MR) is 111 cm³/mol. The molecule has 6 nitrogen and oxygen atoms in total. The van der Waals surface area contributed by atoms with E-state index in [4.69, 9.17) is 4.74 Å². The summed E-state index contributed by atoms with van der Waals surface area (Å²) in [5.74, 6) is -1.05. The number of rotatable bonds is 5. The molecule has 1 unspecified atom stereocenters. The molecular weight excluding hydrogens is 388 g/mol. The second kappa shape index (κ2) is 7.89. The molecule has 0 saturated carbocycles. The third-order valence-corrected chi connectivity index (χ3v) is 5.37. The van der Waals surface area contributed by atoms with Gasteiger partial charge in [-0.1, -0.05) is 42.5 Å². The van der Waals surface area contributed by atoms with Crippen LogP contribution in [-0.2, 0) is 9.59 Å². The van der Waals surface area contributed by atoms with Crippen molar-refractivity contribution in [3.8, 4) is 5.75 Å². The predicted octanol–water partition coefficient (Wildman–Crippen LogP) is 4.17. The van der Waals surface area contributed by atoms with Gasteiger partial charge >= 0.3 is 5.91 Å². The van der Waals surface area contributed by atoms with Crippen molar-refractivity contribution in [2.24, 2.45) is 0 Å². The van der Waals surface area contributed by atoms with Crippen molar-refractivity contribution < 1.29 is 19.4 Å². The van der Waals surface area contributed by atoms with Gasteiger partial charge in [0, 0.05) is 17.1 Å². The molecule has 0 aliphatic carbocycles. The number of amides is 1. The average Bonchev–Trinajstić information content (AvgIpc) is 3.36. The molecule has 1 atom stereocenters. The van der Waals surface area contributed by atoms with E-state index in [1.165, 1.54) is 16.2 Å². The van der Waals surface area contributed by atoms with E-state index in [0.29, 0.717) is 28.6 Å². The molecule has 1 N–H and O–H groups in total. The topological polar surface area (TPSA) is 79.7 Å². The van der Waals surface area contributed by atoms with Crippen LogP contribution < -0.4 is 9.64 Å². The van der Waals surface area contributed by atoms with Gasteiger partial charge in [0.15, 0.2) is 5.13 Å². The Morgan fingerprint density at radius 1 is 1.17 bits per heavy atom. The van der Waals surface area contributed by atoms with Crippen molar-refractivity contribution in [3.63, 3.8) is 0 Å². The monoisotopic (exact) mass is 406 g/mol. The normalized spacial score (nSPS) is 18.2. The zero-order valence-electron chi connectivity index (χ0n) is 15.6. The number of hydrogen-bond donors (Lipinski definition) is 1. The zero-order chi connectivity index (χ0) is 20.4. The smallest absolute Gasteiger partial charge is 0.301 e. The van der Waals surface area contributed by atoms with Gasteiger partial charge in [0.25, 0.3) is 5.78 Å². The summed E-state index contributed by atoms with van der Waals surface area (Å²) in [7, 11) is 0. The van der Waals surface area contributed by atoms with E-state index in [9.17, 15) is 14.7 Å². The van der Waals surface area contributed by atoms with Gasteiger partial charge in [-0.3, -0.25) is 14.5 Å². The highest BCUT2D eigenvalue weighted by atomic mass is 32.1. The second-order valence-electron chi connectivity index (χ2n) is 6.36. The third kappa shape index (κ3) is 3.40. The molecule has 3 aromatic rings. The van der Waals surface area contributed by atoms with E-state index in [0.717, 1.165) is 0 Å². The Hall–Kier alpha value is -3.45. The Morgan fingerprint density at radius 2 is 1.97 bits per heavy atom. The summed E-state index contributed by atoms with van der Waals surface area (Å²) in [6.07, 6.45) is 1.57. The van der Waals surface area contributed by atoms with Crippen molar-refractivity contribution in [3.05, 3.63) is 82.9 Å². The van der Waals surface area contributed by atoms with Gasteiger partial charge in [0.2, 0.25) is 0 Å². The summed E-state index contributed by atoms with van der Waals surface area (Å²) in [5, 5.41) is 13.1. The van der Waals surface area contributed by atoms with Gasteiger partial charge in [0.05, 0.1) is 18.2 Å². The van der Waals surface area contributed by atoms with Crippen LogP contribution >= 0.6 is 11.3 Å². The van der Waals surface area contributed by atoms with Gasteiger partial charge in [-0.05, 0) is 24.6 Å². The number of aliphatic hydroxyl groups excluding tert-OH is 1.